The fourth-order valence-electron chi connectivity index (χ4n) is 2.62. The summed E-state index contributed by atoms with van der Waals surface area (Å²) < 4.78 is 44.0. The van der Waals surface area contributed by atoms with E-state index in [1.165, 1.54) is 38.3 Å². The largest absolute Gasteiger partial charge is 0.464 e. The number of benzene rings is 1. The number of esters is 1. The van der Waals surface area contributed by atoms with Crippen LogP contribution in [0.4, 0.5) is 13.2 Å². The minimum absolute atomic E-state index is 0.242. The van der Waals surface area contributed by atoms with Crippen molar-refractivity contribution in [3.8, 4) is 0 Å². The highest BCUT2D eigenvalue weighted by Gasteiger charge is 2.35. The number of hydrogen-bond acceptors (Lipinski definition) is 3. The lowest BCUT2D eigenvalue weighted by atomic mass is 10.1. The number of ether oxygens (including phenoxy) is 1. The normalized spacial score (nSPS) is 12.5. The van der Waals surface area contributed by atoms with Gasteiger partial charge in [0.25, 0.3) is 5.91 Å². The quantitative estimate of drug-likeness (QED) is 0.424. The second-order valence-corrected chi connectivity index (χ2v) is 6.53. The van der Waals surface area contributed by atoms with Gasteiger partial charge in [-0.1, -0.05) is 57.6 Å². The van der Waals surface area contributed by atoms with E-state index in [0.29, 0.717) is 0 Å². The predicted octanol–water partition coefficient (Wildman–Crippen LogP) is 5.12. The van der Waals surface area contributed by atoms with Crippen molar-refractivity contribution in [2.45, 2.75) is 71.0 Å². The van der Waals surface area contributed by atoms with Crippen molar-refractivity contribution in [1.29, 1.82) is 0 Å². The smallest absolute Gasteiger partial charge is 0.417 e. The molecule has 0 fully saturated rings. The third-order valence-corrected chi connectivity index (χ3v) is 4.17. The molecule has 0 saturated carbocycles. The molecule has 1 aromatic rings. The first kappa shape index (κ1) is 23.0. The van der Waals surface area contributed by atoms with Gasteiger partial charge in [-0.25, -0.2) is 4.79 Å². The number of halogens is 3. The number of hydrogen-bond donors (Lipinski definition) is 1. The molecule has 0 unspecified atom stereocenters. The summed E-state index contributed by atoms with van der Waals surface area (Å²) in [5.74, 6) is -1.61. The zero-order valence-electron chi connectivity index (χ0n) is 15.9. The van der Waals surface area contributed by atoms with Crippen LogP contribution in [0.25, 0.3) is 0 Å². The first-order chi connectivity index (χ1) is 12.8. The molecule has 0 aromatic heterocycles. The Morgan fingerprint density at radius 2 is 1.63 bits per heavy atom. The lowest BCUT2D eigenvalue weighted by Gasteiger charge is -2.16. The first-order valence-corrected chi connectivity index (χ1v) is 9.41. The van der Waals surface area contributed by atoms with Gasteiger partial charge in [0.2, 0.25) is 0 Å². The monoisotopic (exact) mass is 387 g/mol. The van der Waals surface area contributed by atoms with Crippen LogP contribution in [0.3, 0.4) is 0 Å². The van der Waals surface area contributed by atoms with E-state index in [9.17, 15) is 22.8 Å². The van der Waals surface area contributed by atoms with Gasteiger partial charge in [0.1, 0.15) is 6.04 Å². The van der Waals surface area contributed by atoms with E-state index in [0.717, 1.165) is 37.8 Å². The van der Waals surface area contributed by atoms with Crippen molar-refractivity contribution < 1.29 is 27.5 Å². The highest BCUT2D eigenvalue weighted by molar-refractivity contribution is 5.98. The van der Waals surface area contributed by atoms with Gasteiger partial charge in [-0.05, 0) is 25.5 Å². The maximum atomic E-state index is 13.0. The molecule has 0 heterocycles. The van der Waals surface area contributed by atoms with Crippen molar-refractivity contribution in [2.75, 3.05) is 6.61 Å². The fraction of sp³-hybridized carbons (Fsp3) is 0.600. The van der Waals surface area contributed by atoms with Gasteiger partial charge in [0.15, 0.2) is 0 Å². The Hall–Kier alpha value is -2.05. The molecule has 1 aromatic carbocycles. The second-order valence-electron chi connectivity index (χ2n) is 6.53. The van der Waals surface area contributed by atoms with Crippen LogP contribution in [0, 0.1) is 0 Å². The Bertz CT molecular complexity index is 602. The third-order valence-electron chi connectivity index (χ3n) is 4.17. The maximum absolute atomic E-state index is 13.0. The highest BCUT2D eigenvalue weighted by atomic mass is 19.4. The molecule has 0 aliphatic heterocycles. The Morgan fingerprint density at radius 3 is 2.26 bits per heavy atom. The SMILES string of the molecule is CCCCCCCCCOC(=O)[C@H](C)NC(=O)c1ccccc1C(F)(F)F. The topological polar surface area (TPSA) is 55.4 Å². The maximum Gasteiger partial charge on any atom is 0.417 e. The summed E-state index contributed by atoms with van der Waals surface area (Å²) in [6.07, 6.45) is 2.91. The molecule has 0 spiro atoms. The van der Waals surface area contributed by atoms with Crippen LogP contribution in [-0.4, -0.2) is 24.5 Å². The van der Waals surface area contributed by atoms with Crippen molar-refractivity contribution in [2.24, 2.45) is 0 Å². The number of unbranched alkanes of at least 4 members (excludes halogenated alkanes) is 6. The van der Waals surface area contributed by atoms with Gasteiger partial charge < -0.3 is 10.1 Å². The van der Waals surface area contributed by atoms with E-state index in [1.54, 1.807) is 0 Å². The summed E-state index contributed by atoms with van der Waals surface area (Å²) in [5, 5.41) is 2.27. The van der Waals surface area contributed by atoms with Crippen LogP contribution in [0.15, 0.2) is 24.3 Å². The molecule has 27 heavy (non-hydrogen) atoms. The van der Waals surface area contributed by atoms with Gasteiger partial charge in [-0.2, -0.15) is 13.2 Å². The highest BCUT2D eigenvalue weighted by Crippen LogP contribution is 2.31. The number of carbonyl (C=O) groups excluding carboxylic acids is 2. The summed E-state index contributed by atoms with van der Waals surface area (Å²) in [6, 6.07) is 3.43. The van der Waals surface area contributed by atoms with Crippen LogP contribution in [-0.2, 0) is 15.7 Å². The van der Waals surface area contributed by atoms with Crippen LogP contribution < -0.4 is 5.32 Å². The molecule has 152 valence electrons. The Morgan fingerprint density at radius 1 is 1.04 bits per heavy atom. The summed E-state index contributed by atoms with van der Waals surface area (Å²) >= 11 is 0. The molecule has 7 heteroatoms. The molecule has 0 bridgehead atoms. The van der Waals surface area contributed by atoms with Gasteiger partial charge in [0.05, 0.1) is 17.7 Å². The average molecular weight is 387 g/mol. The lowest BCUT2D eigenvalue weighted by Crippen LogP contribution is -2.40. The lowest BCUT2D eigenvalue weighted by molar-refractivity contribution is -0.145. The van der Waals surface area contributed by atoms with Gasteiger partial charge >= 0.3 is 12.1 Å². The van der Waals surface area contributed by atoms with Gasteiger partial charge in [0, 0.05) is 0 Å². The molecule has 0 radical (unpaired) electrons. The second kappa shape index (κ2) is 11.6. The molecule has 4 nitrogen and oxygen atoms in total. The Kier molecular flexibility index (Phi) is 9.89. The minimum Gasteiger partial charge on any atom is -0.464 e. The summed E-state index contributed by atoms with van der Waals surface area (Å²) in [7, 11) is 0. The summed E-state index contributed by atoms with van der Waals surface area (Å²) in [5.41, 5.74) is -1.55. The molecular formula is C20H28F3NO3. The predicted molar refractivity (Wildman–Crippen MR) is 97.3 cm³/mol. The number of alkyl halides is 3. The zero-order chi connectivity index (χ0) is 20.3. The van der Waals surface area contributed by atoms with E-state index in [2.05, 4.69) is 12.2 Å². The van der Waals surface area contributed by atoms with E-state index >= 15 is 0 Å². The molecular weight excluding hydrogens is 359 g/mol. The fourth-order valence-corrected chi connectivity index (χ4v) is 2.62. The molecule has 1 atom stereocenters. The molecule has 0 saturated heterocycles. The first-order valence-electron chi connectivity index (χ1n) is 9.41. The number of carbonyl (C=O) groups is 2. The van der Waals surface area contributed by atoms with Gasteiger partial charge in [-0.15, -0.1) is 0 Å². The van der Waals surface area contributed by atoms with Crippen LogP contribution in [0.1, 0.15) is 74.7 Å². The average Bonchev–Trinajstić information content (AvgIpc) is 2.62. The summed E-state index contributed by atoms with van der Waals surface area (Å²) in [6.45, 7) is 3.79. The van der Waals surface area contributed by atoms with E-state index in [4.69, 9.17) is 4.74 Å². The number of rotatable bonds is 11. The van der Waals surface area contributed by atoms with E-state index in [-0.39, 0.29) is 6.61 Å². The number of nitrogens with one attached hydrogen (secondary N) is 1. The van der Waals surface area contributed by atoms with Crippen molar-refractivity contribution >= 4 is 11.9 Å². The van der Waals surface area contributed by atoms with Gasteiger partial charge in [-0.3, -0.25) is 4.79 Å². The van der Waals surface area contributed by atoms with Crippen molar-refractivity contribution in [3.05, 3.63) is 35.4 Å². The molecule has 1 N–H and O–H groups in total. The number of amides is 1. The standard InChI is InChI=1S/C20H28F3NO3/c1-3-4-5-6-7-8-11-14-27-19(26)15(2)24-18(25)16-12-9-10-13-17(16)20(21,22)23/h9-10,12-13,15H,3-8,11,14H2,1-2H3,(H,24,25)/t15-/m0/s1. The third kappa shape index (κ3) is 8.45. The van der Waals surface area contributed by atoms with Crippen molar-refractivity contribution in [1.82, 2.24) is 5.32 Å². The van der Waals surface area contributed by atoms with Crippen LogP contribution >= 0.6 is 0 Å². The zero-order valence-corrected chi connectivity index (χ0v) is 15.9. The molecule has 1 rings (SSSR count). The summed E-state index contributed by atoms with van der Waals surface area (Å²) in [4.78, 5) is 24.0. The Labute approximate surface area is 158 Å². The minimum atomic E-state index is -4.64. The molecule has 0 aliphatic carbocycles. The van der Waals surface area contributed by atoms with Crippen LogP contribution in [0.2, 0.25) is 0 Å². The van der Waals surface area contributed by atoms with Crippen molar-refractivity contribution in [3.63, 3.8) is 0 Å². The van der Waals surface area contributed by atoms with E-state index in [1.807, 2.05) is 0 Å². The Balaban J connectivity index is 2.40. The van der Waals surface area contributed by atoms with Crippen LogP contribution in [0.5, 0.6) is 0 Å². The van der Waals surface area contributed by atoms with E-state index < -0.39 is 35.2 Å². The molecule has 1 amide bonds. The molecule has 0 aliphatic rings.